The summed E-state index contributed by atoms with van der Waals surface area (Å²) in [5.74, 6) is 0. The molecule has 0 saturated heterocycles. The molecule has 0 aliphatic carbocycles. The van der Waals surface area contributed by atoms with Crippen molar-refractivity contribution in [2.75, 3.05) is 0 Å². The zero-order valence-corrected chi connectivity index (χ0v) is 5.25. The van der Waals surface area contributed by atoms with Gasteiger partial charge in [-0.1, -0.05) is 0 Å². The smallest absolute Gasteiger partial charge is 0 e. The summed E-state index contributed by atoms with van der Waals surface area (Å²) in [6.45, 7) is 0. The van der Waals surface area contributed by atoms with Gasteiger partial charge in [0.25, 0.3) is 0 Å². The molecule has 0 rings (SSSR count). The molecule has 0 aliphatic heterocycles. The Hall–Kier alpha value is 0.813. The summed E-state index contributed by atoms with van der Waals surface area (Å²) in [5, 5.41) is 0. The van der Waals surface area contributed by atoms with Gasteiger partial charge in [0.1, 0.15) is 0 Å². The molecule has 10 N–H and O–H groups in total. The Bertz CT molecular complexity index is 6.04. The Kier molecular flexibility index (Phi) is 27300. The number of hydrogen-bond donors (Lipinski definition) is 0. The molecule has 0 fully saturated rings. The number of rotatable bonds is 0. The van der Waals surface area contributed by atoms with E-state index in [1.165, 1.54) is 0 Å². The van der Waals surface area contributed by atoms with E-state index in [0.717, 1.165) is 0 Å². The quantitative estimate of drug-likeness (QED) is 0.378. The van der Waals surface area contributed by atoms with E-state index >= 15 is 0 Å². The Labute approximate surface area is 61.4 Å². The summed E-state index contributed by atoms with van der Waals surface area (Å²) in [7, 11) is 0. The zero-order valence-electron chi connectivity index (χ0n) is 3.17. The molecule has 2 radical (unpaired) electrons. The largest absolute Gasteiger partial charge is 0.412 e. The molecule has 0 spiro atoms. The van der Waals surface area contributed by atoms with Gasteiger partial charge in [-0.05, 0) is 0 Å². The molecule has 7 heteroatoms. The van der Waals surface area contributed by atoms with E-state index in [2.05, 4.69) is 0 Å². The van der Waals surface area contributed by atoms with Crippen LogP contribution in [0.1, 0.15) is 0 Å². The third-order valence-corrected chi connectivity index (χ3v) is 0. The van der Waals surface area contributed by atoms with Crippen LogP contribution in [0.15, 0.2) is 0 Å². The maximum atomic E-state index is 0. The molecule has 0 unspecified atom stereocenters. The molecular formula is H10Co2O5. The van der Waals surface area contributed by atoms with E-state index in [-0.39, 0.29) is 60.9 Å². The van der Waals surface area contributed by atoms with Crippen LogP contribution in [0.4, 0.5) is 0 Å². The van der Waals surface area contributed by atoms with Gasteiger partial charge < -0.3 is 27.4 Å². The molecule has 0 aromatic rings. The maximum Gasteiger partial charge on any atom is 0 e. The van der Waals surface area contributed by atoms with Gasteiger partial charge in [0.15, 0.2) is 0 Å². The van der Waals surface area contributed by atoms with Crippen molar-refractivity contribution in [3.05, 3.63) is 0 Å². The second kappa shape index (κ2) is 348. The van der Waals surface area contributed by atoms with E-state index in [0.29, 0.717) is 0 Å². The van der Waals surface area contributed by atoms with Crippen molar-refractivity contribution >= 4 is 0 Å². The topological polar surface area (TPSA) is 158 Å². The molecule has 7 heavy (non-hydrogen) atoms. The van der Waals surface area contributed by atoms with Crippen molar-refractivity contribution in [3.8, 4) is 0 Å². The minimum absolute atomic E-state index is 0. The van der Waals surface area contributed by atoms with E-state index < -0.39 is 0 Å². The molecule has 0 atom stereocenters. The van der Waals surface area contributed by atoms with Crippen LogP contribution in [-0.4, -0.2) is 27.4 Å². The fourth-order valence-electron chi connectivity index (χ4n) is 0. The van der Waals surface area contributed by atoms with Gasteiger partial charge in [-0.2, -0.15) is 0 Å². The van der Waals surface area contributed by atoms with Gasteiger partial charge in [0, 0.05) is 33.6 Å². The van der Waals surface area contributed by atoms with E-state index in [4.69, 9.17) is 0 Å². The van der Waals surface area contributed by atoms with Crippen molar-refractivity contribution in [1.82, 2.24) is 0 Å². The predicted molar refractivity (Wildman–Crippen MR) is 18.1 cm³/mol. The van der Waals surface area contributed by atoms with E-state index in [1.807, 2.05) is 0 Å². The minimum Gasteiger partial charge on any atom is -0.412 e. The zero-order chi connectivity index (χ0) is 0. The van der Waals surface area contributed by atoms with Crippen molar-refractivity contribution < 1.29 is 60.9 Å². The fourth-order valence-corrected chi connectivity index (χ4v) is 0. The minimum atomic E-state index is 0. The van der Waals surface area contributed by atoms with Gasteiger partial charge in [-0.15, -0.1) is 0 Å². The summed E-state index contributed by atoms with van der Waals surface area (Å²) in [6, 6.07) is 0. The monoisotopic (exact) mass is 208 g/mol. The Balaban J connectivity index is 0. The molecular weight excluding hydrogens is 198 g/mol. The second-order valence-corrected chi connectivity index (χ2v) is 0. The Morgan fingerprint density at radius 3 is 0.286 bits per heavy atom. The first-order valence-electron chi connectivity index (χ1n) is 0. The Morgan fingerprint density at radius 1 is 0.286 bits per heavy atom. The van der Waals surface area contributed by atoms with Crippen LogP contribution in [0.25, 0.3) is 0 Å². The molecule has 0 amide bonds. The summed E-state index contributed by atoms with van der Waals surface area (Å²) in [5.41, 5.74) is 0. The normalized spacial score (nSPS) is 0. The van der Waals surface area contributed by atoms with Crippen LogP contribution in [0.3, 0.4) is 0 Å². The van der Waals surface area contributed by atoms with Crippen LogP contribution in [-0.2, 0) is 33.6 Å². The van der Waals surface area contributed by atoms with Crippen molar-refractivity contribution in [2.45, 2.75) is 0 Å². The van der Waals surface area contributed by atoms with E-state index in [9.17, 15) is 0 Å². The molecule has 5 nitrogen and oxygen atoms in total. The van der Waals surface area contributed by atoms with Gasteiger partial charge >= 0.3 is 0 Å². The SMILES string of the molecule is O.O.O.O.O.[Co].[Co]. The molecule has 0 saturated carbocycles. The fraction of sp³-hybridized carbons (Fsp3) is 0. The van der Waals surface area contributed by atoms with Crippen molar-refractivity contribution in [1.29, 1.82) is 0 Å². The standard InChI is InChI=1S/2Co.5H2O/h;;5*1H2. The maximum absolute atomic E-state index is 0. The first-order valence-corrected chi connectivity index (χ1v) is 0. The van der Waals surface area contributed by atoms with Crippen molar-refractivity contribution in [2.24, 2.45) is 0 Å². The summed E-state index contributed by atoms with van der Waals surface area (Å²) >= 11 is 0. The average Bonchev–Trinajstić information content (AvgIpc) is 0. The molecule has 58 valence electrons. The van der Waals surface area contributed by atoms with Crippen LogP contribution < -0.4 is 0 Å². The summed E-state index contributed by atoms with van der Waals surface area (Å²) < 4.78 is 0. The first kappa shape index (κ1) is 549. The average molecular weight is 208 g/mol. The molecule has 0 aromatic carbocycles. The summed E-state index contributed by atoms with van der Waals surface area (Å²) in [6.07, 6.45) is 0. The van der Waals surface area contributed by atoms with Crippen molar-refractivity contribution in [3.63, 3.8) is 0 Å². The van der Waals surface area contributed by atoms with Crippen LogP contribution in [0.5, 0.6) is 0 Å². The van der Waals surface area contributed by atoms with Crippen LogP contribution >= 0.6 is 0 Å². The number of hydrogen-bond acceptors (Lipinski definition) is 0. The van der Waals surface area contributed by atoms with Crippen LogP contribution in [0, 0.1) is 0 Å². The molecule has 0 heterocycles. The Morgan fingerprint density at radius 2 is 0.286 bits per heavy atom. The molecule has 0 aliphatic rings. The van der Waals surface area contributed by atoms with Crippen LogP contribution in [0.2, 0.25) is 0 Å². The van der Waals surface area contributed by atoms with Gasteiger partial charge in [0.2, 0.25) is 0 Å². The first-order chi connectivity index (χ1) is 0. The second-order valence-electron chi connectivity index (χ2n) is 0. The molecule has 0 bridgehead atoms. The third kappa shape index (κ3) is 239. The van der Waals surface area contributed by atoms with Gasteiger partial charge in [-0.25, -0.2) is 0 Å². The third-order valence-electron chi connectivity index (χ3n) is 0. The summed E-state index contributed by atoms with van der Waals surface area (Å²) in [4.78, 5) is 0. The predicted octanol–water partition coefficient (Wildman–Crippen LogP) is -4.13. The van der Waals surface area contributed by atoms with Gasteiger partial charge in [0.05, 0.1) is 0 Å². The van der Waals surface area contributed by atoms with Gasteiger partial charge in [-0.3, -0.25) is 0 Å². The van der Waals surface area contributed by atoms with E-state index in [1.54, 1.807) is 0 Å². The molecule has 0 aromatic heterocycles.